The van der Waals surface area contributed by atoms with Crippen LogP contribution >= 0.6 is 0 Å². The number of sulfonamides is 1. The molecule has 0 aliphatic rings. The van der Waals surface area contributed by atoms with Crippen molar-refractivity contribution in [3.05, 3.63) is 59.7 Å². The van der Waals surface area contributed by atoms with E-state index in [0.717, 1.165) is 18.6 Å². The molecule has 0 fully saturated rings. The molecule has 0 atom stereocenters. The number of carbonyl (C=O) groups is 1. The minimum atomic E-state index is -3.62. The summed E-state index contributed by atoms with van der Waals surface area (Å²) in [5.74, 6) is 0.553. The van der Waals surface area contributed by atoms with Crippen molar-refractivity contribution in [2.24, 2.45) is 0 Å². The highest BCUT2D eigenvalue weighted by Gasteiger charge is 2.23. The number of amides is 1. The number of hydrogen-bond acceptors (Lipinski definition) is 4. The monoisotopic (exact) mass is 418 g/mol. The van der Waals surface area contributed by atoms with E-state index in [4.69, 9.17) is 4.74 Å². The molecule has 1 amide bonds. The van der Waals surface area contributed by atoms with Gasteiger partial charge in [0.25, 0.3) is 5.91 Å². The van der Waals surface area contributed by atoms with E-state index < -0.39 is 10.0 Å². The van der Waals surface area contributed by atoms with Crippen molar-refractivity contribution in [3.63, 3.8) is 0 Å². The Kier molecular flexibility index (Phi) is 8.22. The number of unbranched alkanes of at least 4 members (excludes halogenated alkanes) is 1. The molecular formula is C22H30N2O4S. The molecule has 7 heteroatoms. The van der Waals surface area contributed by atoms with Crippen LogP contribution < -0.4 is 10.1 Å². The van der Waals surface area contributed by atoms with Crippen LogP contribution in [-0.4, -0.2) is 44.9 Å². The zero-order valence-electron chi connectivity index (χ0n) is 17.5. The van der Waals surface area contributed by atoms with Crippen LogP contribution in [-0.2, 0) is 10.0 Å². The second-order valence-electron chi connectivity index (χ2n) is 7.27. The number of aryl methyl sites for hydroxylation is 1. The van der Waals surface area contributed by atoms with Gasteiger partial charge in [0.05, 0.1) is 11.5 Å². The van der Waals surface area contributed by atoms with E-state index in [9.17, 15) is 13.2 Å². The Labute approximate surface area is 173 Å². The molecule has 0 saturated carbocycles. The SMILES string of the molecule is Cc1ccc(OCCCCNC(=O)c2cccc(S(=O)(=O)N(C)C(C)C)c2)cc1. The Morgan fingerprint density at radius 3 is 2.45 bits per heavy atom. The summed E-state index contributed by atoms with van der Waals surface area (Å²) >= 11 is 0. The molecule has 2 aromatic rings. The first-order valence-corrected chi connectivity index (χ1v) is 11.2. The molecule has 0 aliphatic heterocycles. The number of carbonyl (C=O) groups excluding carboxylic acids is 1. The summed E-state index contributed by atoms with van der Waals surface area (Å²) in [7, 11) is -2.09. The van der Waals surface area contributed by atoms with Crippen molar-refractivity contribution < 1.29 is 17.9 Å². The third-order valence-corrected chi connectivity index (χ3v) is 6.68. The molecule has 0 aromatic heterocycles. The fourth-order valence-corrected chi connectivity index (χ4v) is 4.01. The van der Waals surface area contributed by atoms with Gasteiger partial charge in [0.1, 0.15) is 5.75 Å². The summed E-state index contributed by atoms with van der Waals surface area (Å²) in [4.78, 5) is 12.5. The van der Waals surface area contributed by atoms with Crippen molar-refractivity contribution in [2.75, 3.05) is 20.2 Å². The lowest BCUT2D eigenvalue weighted by Crippen LogP contribution is -2.33. The molecule has 2 rings (SSSR count). The number of ether oxygens (including phenoxy) is 1. The lowest BCUT2D eigenvalue weighted by Gasteiger charge is -2.21. The van der Waals surface area contributed by atoms with Gasteiger partial charge in [-0.25, -0.2) is 8.42 Å². The van der Waals surface area contributed by atoms with Crippen LogP contribution in [0.4, 0.5) is 0 Å². The van der Waals surface area contributed by atoms with Crippen LogP contribution in [0.5, 0.6) is 5.75 Å². The lowest BCUT2D eigenvalue weighted by molar-refractivity contribution is 0.0952. The molecule has 0 saturated heterocycles. The van der Waals surface area contributed by atoms with E-state index in [1.54, 1.807) is 26.0 Å². The molecule has 0 radical (unpaired) electrons. The molecule has 6 nitrogen and oxygen atoms in total. The molecule has 158 valence electrons. The molecule has 29 heavy (non-hydrogen) atoms. The molecule has 1 N–H and O–H groups in total. The summed E-state index contributed by atoms with van der Waals surface area (Å²) in [6.07, 6.45) is 1.58. The summed E-state index contributed by atoms with van der Waals surface area (Å²) in [5, 5.41) is 2.83. The maximum Gasteiger partial charge on any atom is 0.251 e. The van der Waals surface area contributed by atoms with Gasteiger partial charge in [0.15, 0.2) is 0 Å². The van der Waals surface area contributed by atoms with Gasteiger partial charge in [-0.05, 0) is 63.9 Å². The Morgan fingerprint density at radius 1 is 1.10 bits per heavy atom. The first-order chi connectivity index (χ1) is 13.7. The number of rotatable bonds is 10. The van der Waals surface area contributed by atoms with E-state index in [2.05, 4.69) is 5.32 Å². The highest BCUT2D eigenvalue weighted by atomic mass is 32.2. The molecular weight excluding hydrogens is 388 g/mol. The number of hydrogen-bond donors (Lipinski definition) is 1. The zero-order valence-corrected chi connectivity index (χ0v) is 18.3. The maximum absolute atomic E-state index is 12.6. The predicted molar refractivity (Wildman–Crippen MR) is 115 cm³/mol. The Morgan fingerprint density at radius 2 is 1.79 bits per heavy atom. The second-order valence-corrected chi connectivity index (χ2v) is 9.26. The standard InChI is InChI=1S/C22H30N2O4S/c1-17(2)24(4)29(26,27)21-9-7-8-19(16-21)22(25)23-14-5-6-15-28-20-12-10-18(3)11-13-20/h7-13,16-17H,5-6,14-15H2,1-4H3,(H,23,25). The molecule has 0 spiro atoms. The minimum absolute atomic E-state index is 0.118. The van der Waals surface area contributed by atoms with Gasteiger partial charge in [0, 0.05) is 25.2 Å². The van der Waals surface area contributed by atoms with Gasteiger partial charge >= 0.3 is 0 Å². The van der Waals surface area contributed by atoms with Gasteiger partial charge in [-0.3, -0.25) is 4.79 Å². The van der Waals surface area contributed by atoms with Crippen molar-refractivity contribution in [1.82, 2.24) is 9.62 Å². The summed E-state index contributed by atoms with van der Waals surface area (Å²) in [6.45, 7) is 6.71. The van der Waals surface area contributed by atoms with Crippen molar-refractivity contribution in [3.8, 4) is 5.75 Å². The normalized spacial score (nSPS) is 11.7. The van der Waals surface area contributed by atoms with E-state index in [-0.39, 0.29) is 16.8 Å². The van der Waals surface area contributed by atoms with Crippen LogP contribution in [0.2, 0.25) is 0 Å². The van der Waals surface area contributed by atoms with Gasteiger partial charge in [0.2, 0.25) is 10.0 Å². The van der Waals surface area contributed by atoms with Gasteiger partial charge in [-0.15, -0.1) is 0 Å². The number of nitrogens with zero attached hydrogens (tertiary/aromatic N) is 1. The highest BCUT2D eigenvalue weighted by Crippen LogP contribution is 2.18. The Hall–Kier alpha value is -2.38. The lowest BCUT2D eigenvalue weighted by atomic mass is 10.2. The van der Waals surface area contributed by atoms with Crippen LogP contribution in [0, 0.1) is 6.92 Å². The average molecular weight is 419 g/mol. The fraction of sp³-hybridized carbons (Fsp3) is 0.409. The molecule has 0 unspecified atom stereocenters. The largest absolute Gasteiger partial charge is 0.494 e. The minimum Gasteiger partial charge on any atom is -0.494 e. The van der Waals surface area contributed by atoms with E-state index in [0.29, 0.717) is 18.7 Å². The third kappa shape index (κ3) is 6.58. The van der Waals surface area contributed by atoms with Crippen LogP contribution in [0.3, 0.4) is 0 Å². The number of nitrogens with one attached hydrogen (secondary N) is 1. The zero-order chi connectivity index (χ0) is 21.4. The predicted octanol–water partition coefficient (Wildman–Crippen LogP) is 3.61. The van der Waals surface area contributed by atoms with Gasteiger partial charge < -0.3 is 10.1 Å². The van der Waals surface area contributed by atoms with E-state index in [1.165, 1.54) is 29.0 Å². The molecule has 0 heterocycles. The third-order valence-electron chi connectivity index (χ3n) is 4.65. The van der Waals surface area contributed by atoms with E-state index in [1.807, 2.05) is 31.2 Å². The summed E-state index contributed by atoms with van der Waals surface area (Å²) < 4.78 is 32.1. The molecule has 0 aliphatic carbocycles. The topological polar surface area (TPSA) is 75.7 Å². The smallest absolute Gasteiger partial charge is 0.251 e. The van der Waals surface area contributed by atoms with Gasteiger partial charge in [-0.2, -0.15) is 4.31 Å². The number of benzene rings is 2. The Balaban J connectivity index is 1.81. The van der Waals surface area contributed by atoms with Crippen LogP contribution in [0.15, 0.2) is 53.4 Å². The molecule has 2 aromatic carbocycles. The average Bonchev–Trinajstić information content (AvgIpc) is 2.71. The first-order valence-electron chi connectivity index (χ1n) is 9.77. The van der Waals surface area contributed by atoms with Crippen LogP contribution in [0.1, 0.15) is 42.6 Å². The van der Waals surface area contributed by atoms with Crippen molar-refractivity contribution in [1.29, 1.82) is 0 Å². The quantitative estimate of drug-likeness (QED) is 0.598. The Bertz CT molecular complexity index is 909. The highest BCUT2D eigenvalue weighted by molar-refractivity contribution is 7.89. The fourth-order valence-electron chi connectivity index (χ4n) is 2.60. The molecule has 0 bridgehead atoms. The van der Waals surface area contributed by atoms with Gasteiger partial charge in [-0.1, -0.05) is 23.8 Å². The van der Waals surface area contributed by atoms with Crippen molar-refractivity contribution in [2.45, 2.75) is 44.6 Å². The van der Waals surface area contributed by atoms with Crippen molar-refractivity contribution >= 4 is 15.9 Å². The first kappa shape index (κ1) is 22.9. The second kappa shape index (κ2) is 10.4. The van der Waals surface area contributed by atoms with E-state index >= 15 is 0 Å². The maximum atomic E-state index is 12.6. The summed E-state index contributed by atoms with van der Waals surface area (Å²) in [5.41, 5.74) is 1.52. The summed E-state index contributed by atoms with van der Waals surface area (Å²) in [6, 6.07) is 13.8. The van der Waals surface area contributed by atoms with Crippen LogP contribution in [0.25, 0.3) is 0 Å².